The van der Waals surface area contributed by atoms with Gasteiger partial charge in [-0.1, -0.05) is 0 Å². The van der Waals surface area contributed by atoms with E-state index >= 15 is 0 Å². The van der Waals surface area contributed by atoms with E-state index in [4.69, 9.17) is 5.73 Å². The maximum absolute atomic E-state index is 11.9. The Labute approximate surface area is 146 Å². The molecule has 2 heterocycles. The van der Waals surface area contributed by atoms with Crippen LogP contribution >= 0.6 is 24.8 Å². The lowest BCUT2D eigenvalue weighted by Gasteiger charge is -2.17. The first-order valence-corrected chi connectivity index (χ1v) is 6.95. The second kappa shape index (κ2) is 10.2. The van der Waals surface area contributed by atoms with Crippen molar-refractivity contribution in [3.8, 4) is 0 Å². The molecule has 8 nitrogen and oxygen atoms in total. The van der Waals surface area contributed by atoms with E-state index in [1.165, 1.54) is 12.3 Å². The van der Waals surface area contributed by atoms with Crippen LogP contribution < -0.4 is 11.1 Å². The van der Waals surface area contributed by atoms with Crippen molar-refractivity contribution < 1.29 is 9.72 Å². The molecule has 0 spiro atoms. The van der Waals surface area contributed by atoms with Crippen molar-refractivity contribution in [1.29, 1.82) is 0 Å². The molecule has 0 aromatic carbocycles. The summed E-state index contributed by atoms with van der Waals surface area (Å²) >= 11 is 0. The van der Waals surface area contributed by atoms with Gasteiger partial charge < -0.3 is 16.0 Å². The van der Waals surface area contributed by atoms with Gasteiger partial charge in [0.1, 0.15) is 12.0 Å². The second-order valence-corrected chi connectivity index (χ2v) is 5.02. The number of nitrogens with zero attached hydrogens (tertiary/aromatic N) is 3. The maximum atomic E-state index is 11.9. The molecule has 1 fully saturated rings. The number of pyridine rings is 1. The first kappa shape index (κ1) is 21.4. The van der Waals surface area contributed by atoms with Gasteiger partial charge in [0.05, 0.1) is 4.92 Å². The number of likely N-dealkylation sites (tertiary alicyclic amines) is 1. The summed E-state index contributed by atoms with van der Waals surface area (Å²) < 4.78 is 0. The minimum atomic E-state index is -0.482. The van der Waals surface area contributed by atoms with Crippen LogP contribution in [-0.4, -0.2) is 46.4 Å². The van der Waals surface area contributed by atoms with Crippen LogP contribution in [0.5, 0.6) is 0 Å². The van der Waals surface area contributed by atoms with E-state index in [0.717, 1.165) is 6.42 Å². The lowest BCUT2D eigenvalue weighted by molar-refractivity contribution is -0.385. The zero-order chi connectivity index (χ0) is 15.2. The van der Waals surface area contributed by atoms with Crippen LogP contribution in [0, 0.1) is 10.1 Å². The molecule has 10 heteroatoms. The smallest absolute Gasteiger partial charge is 0.287 e. The molecule has 130 valence electrons. The Balaban J connectivity index is 0.00000242. The largest absolute Gasteiger partial charge is 0.365 e. The third kappa shape index (κ3) is 6.17. The van der Waals surface area contributed by atoms with Crippen LogP contribution in [0.25, 0.3) is 0 Å². The molecule has 1 aliphatic rings. The Morgan fingerprint density at radius 3 is 2.78 bits per heavy atom. The number of nitrogens with two attached hydrogens (primary N) is 1. The lowest BCUT2D eigenvalue weighted by atomic mass is 10.2. The zero-order valence-electron chi connectivity index (χ0n) is 12.5. The van der Waals surface area contributed by atoms with Crippen molar-refractivity contribution in [1.82, 2.24) is 9.88 Å². The van der Waals surface area contributed by atoms with Gasteiger partial charge in [0, 0.05) is 31.6 Å². The van der Waals surface area contributed by atoms with Crippen LogP contribution in [0.4, 0.5) is 11.5 Å². The normalized spacial score (nSPS) is 16.2. The summed E-state index contributed by atoms with van der Waals surface area (Å²) in [5.74, 6) is 0.711. The van der Waals surface area contributed by atoms with Crippen molar-refractivity contribution in [2.24, 2.45) is 5.73 Å². The van der Waals surface area contributed by atoms with Crippen molar-refractivity contribution >= 4 is 42.2 Å². The highest BCUT2D eigenvalue weighted by Crippen LogP contribution is 2.17. The number of carbonyl (C=O) groups is 1. The Morgan fingerprint density at radius 1 is 1.48 bits per heavy atom. The molecule has 0 radical (unpaired) electrons. The Morgan fingerprint density at radius 2 is 2.22 bits per heavy atom. The lowest BCUT2D eigenvalue weighted by Crippen LogP contribution is -2.31. The average molecular weight is 366 g/mol. The van der Waals surface area contributed by atoms with E-state index in [-0.39, 0.29) is 42.5 Å². The fraction of sp³-hybridized carbons (Fsp3) is 0.538. The zero-order valence-corrected chi connectivity index (χ0v) is 14.1. The summed E-state index contributed by atoms with van der Waals surface area (Å²) in [6, 6.07) is 3.12. The number of amides is 1. The number of nitrogens with one attached hydrogen (secondary N) is 1. The number of carbonyl (C=O) groups excluding carboxylic acids is 1. The van der Waals surface area contributed by atoms with Gasteiger partial charge in [-0.3, -0.25) is 14.9 Å². The van der Waals surface area contributed by atoms with Gasteiger partial charge in [-0.05, 0) is 25.5 Å². The highest BCUT2D eigenvalue weighted by Gasteiger charge is 2.25. The quantitative estimate of drug-likeness (QED) is 0.584. The van der Waals surface area contributed by atoms with Crippen molar-refractivity contribution in [3.63, 3.8) is 0 Å². The molecule has 1 aromatic heterocycles. The Bertz CT molecular complexity index is 515. The highest BCUT2D eigenvalue weighted by molar-refractivity contribution is 5.85. The van der Waals surface area contributed by atoms with E-state index in [1.54, 1.807) is 6.07 Å². The van der Waals surface area contributed by atoms with Gasteiger partial charge in [0.2, 0.25) is 5.91 Å². The monoisotopic (exact) mass is 365 g/mol. The number of aromatic nitrogens is 1. The molecule has 1 aromatic rings. The third-order valence-corrected chi connectivity index (χ3v) is 3.45. The first-order chi connectivity index (χ1) is 10.1. The van der Waals surface area contributed by atoms with Crippen molar-refractivity contribution in [2.45, 2.75) is 25.3 Å². The summed E-state index contributed by atoms with van der Waals surface area (Å²) in [6.07, 6.45) is 3.25. The van der Waals surface area contributed by atoms with Gasteiger partial charge in [-0.25, -0.2) is 4.98 Å². The van der Waals surface area contributed by atoms with Gasteiger partial charge in [0.15, 0.2) is 0 Å². The fourth-order valence-corrected chi connectivity index (χ4v) is 2.30. The number of nitro groups is 1. The van der Waals surface area contributed by atoms with Crippen molar-refractivity contribution in [2.75, 3.05) is 25.0 Å². The Hall–Kier alpha value is -1.64. The summed E-state index contributed by atoms with van der Waals surface area (Å²) in [7, 11) is 0. The Kier molecular flexibility index (Phi) is 9.47. The molecule has 1 amide bonds. The highest BCUT2D eigenvalue weighted by atomic mass is 35.5. The summed E-state index contributed by atoms with van der Waals surface area (Å²) in [4.78, 5) is 27.8. The van der Waals surface area contributed by atoms with Crippen LogP contribution in [0.15, 0.2) is 18.3 Å². The number of halogens is 2. The molecule has 23 heavy (non-hydrogen) atoms. The third-order valence-electron chi connectivity index (χ3n) is 3.45. The summed E-state index contributed by atoms with van der Waals surface area (Å²) in [5, 5.41) is 13.7. The summed E-state index contributed by atoms with van der Waals surface area (Å²) in [6.45, 7) is 1.87. The molecule has 2 rings (SSSR count). The van der Waals surface area contributed by atoms with E-state index in [9.17, 15) is 14.9 Å². The molecule has 1 saturated heterocycles. The molecule has 0 saturated carbocycles. The number of hydrogen-bond donors (Lipinski definition) is 2. The second-order valence-electron chi connectivity index (χ2n) is 5.02. The van der Waals surface area contributed by atoms with Crippen LogP contribution in [0.2, 0.25) is 0 Å². The first-order valence-electron chi connectivity index (χ1n) is 6.95. The van der Waals surface area contributed by atoms with Crippen molar-refractivity contribution in [3.05, 3.63) is 28.4 Å². The van der Waals surface area contributed by atoms with E-state index in [2.05, 4.69) is 10.3 Å². The van der Waals surface area contributed by atoms with E-state index < -0.39 is 4.92 Å². The van der Waals surface area contributed by atoms with Crippen LogP contribution in [0.1, 0.15) is 19.3 Å². The van der Waals surface area contributed by atoms with E-state index in [0.29, 0.717) is 38.3 Å². The summed E-state index contributed by atoms with van der Waals surface area (Å²) in [5.41, 5.74) is 5.36. The molecule has 1 atom stereocenters. The van der Waals surface area contributed by atoms with Crippen LogP contribution in [-0.2, 0) is 4.79 Å². The predicted octanol–water partition coefficient (Wildman–Crippen LogP) is 1.59. The molecular weight excluding hydrogens is 345 g/mol. The van der Waals surface area contributed by atoms with Gasteiger partial charge >= 0.3 is 0 Å². The number of hydrogen-bond acceptors (Lipinski definition) is 6. The number of rotatable bonds is 6. The molecule has 1 aliphatic heterocycles. The van der Waals surface area contributed by atoms with Gasteiger partial charge in [-0.2, -0.15) is 0 Å². The van der Waals surface area contributed by atoms with Crippen LogP contribution in [0.3, 0.4) is 0 Å². The topological polar surface area (TPSA) is 114 Å². The standard InChI is InChI=1S/C13H19N5O3.2ClH/c14-6-1-2-13(19)17-7-5-10(9-17)16-12-4-3-11(8-15-12)18(20)21;;/h3-4,8,10H,1-2,5-7,9,14H2,(H,15,16);2*1H. The molecule has 0 bridgehead atoms. The van der Waals surface area contributed by atoms with Gasteiger partial charge in [-0.15, -0.1) is 24.8 Å². The number of anilines is 1. The molecule has 3 N–H and O–H groups in total. The maximum Gasteiger partial charge on any atom is 0.287 e. The minimum Gasteiger partial charge on any atom is -0.365 e. The average Bonchev–Trinajstić information content (AvgIpc) is 2.94. The van der Waals surface area contributed by atoms with E-state index in [1.807, 2.05) is 4.90 Å². The predicted molar refractivity (Wildman–Crippen MR) is 92.3 cm³/mol. The molecular formula is C13H21Cl2N5O3. The molecule has 1 unspecified atom stereocenters. The minimum absolute atomic E-state index is 0. The molecule has 0 aliphatic carbocycles. The fourth-order valence-electron chi connectivity index (χ4n) is 2.30. The SMILES string of the molecule is Cl.Cl.NCCCC(=O)N1CCC(Nc2ccc([N+](=O)[O-])cn2)C1. The van der Waals surface area contributed by atoms with Gasteiger partial charge in [0.25, 0.3) is 5.69 Å².